The number of anilines is 1. The van der Waals surface area contributed by atoms with Gasteiger partial charge in [0.1, 0.15) is 18.9 Å². The molecule has 2 heterocycles. The van der Waals surface area contributed by atoms with Gasteiger partial charge in [0, 0.05) is 33.2 Å². The first kappa shape index (κ1) is 26.3. The smallest absolute Gasteiger partial charge is 0.322 e. The number of ether oxygens (including phenoxy) is 1. The van der Waals surface area contributed by atoms with E-state index in [-0.39, 0.29) is 30.6 Å². The minimum Gasteiger partial charge on any atom is -0.491 e. The highest BCUT2D eigenvalue weighted by Crippen LogP contribution is 2.34. The third-order valence-electron chi connectivity index (χ3n) is 6.40. The minimum absolute atomic E-state index is 0.0294. The number of thiophene rings is 1. The van der Waals surface area contributed by atoms with Crippen molar-refractivity contribution in [3.8, 4) is 5.75 Å². The molecule has 1 aliphatic rings. The second kappa shape index (κ2) is 12.0. The summed E-state index contributed by atoms with van der Waals surface area (Å²) in [5.41, 5.74) is 1.69. The van der Waals surface area contributed by atoms with E-state index in [0.29, 0.717) is 41.1 Å². The Morgan fingerprint density at radius 3 is 2.67 bits per heavy atom. The number of carbonyl (C=O) groups excluding carboxylic acids is 2. The molecule has 4 rings (SSSR count). The second-order valence-corrected chi connectivity index (χ2v) is 10.6. The van der Waals surface area contributed by atoms with Gasteiger partial charge in [-0.05, 0) is 79.2 Å². The average molecular weight is 547 g/mol. The van der Waals surface area contributed by atoms with Crippen LogP contribution in [0.15, 0.2) is 60.0 Å². The summed E-state index contributed by atoms with van der Waals surface area (Å²) in [6, 6.07) is 15.5. The SMILES string of the molecule is CCC(C)N(CC(=O)N1CCc2sccc2C1COc1ccc(Cl)cc1)C(=O)Nc1cccc(Cl)c1. The summed E-state index contributed by atoms with van der Waals surface area (Å²) in [6.07, 6.45) is 1.50. The van der Waals surface area contributed by atoms with Crippen LogP contribution < -0.4 is 10.1 Å². The van der Waals surface area contributed by atoms with E-state index in [0.717, 1.165) is 12.0 Å². The largest absolute Gasteiger partial charge is 0.491 e. The first-order valence-electron chi connectivity index (χ1n) is 11.9. The predicted molar refractivity (Wildman–Crippen MR) is 146 cm³/mol. The Bertz CT molecular complexity index is 1200. The topological polar surface area (TPSA) is 61.9 Å². The van der Waals surface area contributed by atoms with Gasteiger partial charge in [0.2, 0.25) is 5.91 Å². The number of benzene rings is 2. The summed E-state index contributed by atoms with van der Waals surface area (Å²) < 4.78 is 6.07. The van der Waals surface area contributed by atoms with Crippen LogP contribution in [0.2, 0.25) is 10.0 Å². The zero-order chi connectivity index (χ0) is 25.7. The van der Waals surface area contributed by atoms with Crippen LogP contribution in [0.1, 0.15) is 36.8 Å². The quantitative estimate of drug-likeness (QED) is 0.335. The van der Waals surface area contributed by atoms with Crippen LogP contribution in [0.5, 0.6) is 5.75 Å². The number of urea groups is 1. The van der Waals surface area contributed by atoms with E-state index in [9.17, 15) is 9.59 Å². The average Bonchev–Trinajstić information content (AvgIpc) is 3.35. The van der Waals surface area contributed by atoms with Crippen LogP contribution in [-0.2, 0) is 11.2 Å². The first-order valence-corrected chi connectivity index (χ1v) is 13.6. The first-order chi connectivity index (χ1) is 17.4. The van der Waals surface area contributed by atoms with Gasteiger partial charge in [-0.2, -0.15) is 0 Å². The van der Waals surface area contributed by atoms with Gasteiger partial charge in [-0.3, -0.25) is 4.79 Å². The molecular formula is C27H29Cl2N3O3S. The van der Waals surface area contributed by atoms with Crippen molar-refractivity contribution < 1.29 is 14.3 Å². The van der Waals surface area contributed by atoms with Crippen molar-refractivity contribution in [2.45, 2.75) is 38.8 Å². The molecule has 2 aromatic carbocycles. The van der Waals surface area contributed by atoms with E-state index in [1.807, 2.05) is 30.9 Å². The van der Waals surface area contributed by atoms with Gasteiger partial charge in [0.25, 0.3) is 0 Å². The molecule has 0 aliphatic carbocycles. The molecule has 0 saturated carbocycles. The van der Waals surface area contributed by atoms with E-state index in [2.05, 4.69) is 16.8 Å². The molecule has 3 aromatic rings. The van der Waals surface area contributed by atoms with Crippen LogP contribution >= 0.6 is 34.5 Å². The molecule has 6 nitrogen and oxygen atoms in total. The van der Waals surface area contributed by atoms with Crippen molar-refractivity contribution in [1.29, 1.82) is 0 Å². The molecule has 0 fully saturated rings. The van der Waals surface area contributed by atoms with Crippen LogP contribution in [-0.4, -0.2) is 47.5 Å². The molecule has 1 aromatic heterocycles. The lowest BCUT2D eigenvalue weighted by Gasteiger charge is -2.38. The molecule has 0 bridgehead atoms. The van der Waals surface area contributed by atoms with E-state index >= 15 is 0 Å². The third-order valence-corrected chi connectivity index (χ3v) is 7.89. The fraction of sp³-hybridized carbons (Fsp3) is 0.333. The molecular weight excluding hydrogens is 517 g/mol. The highest BCUT2D eigenvalue weighted by molar-refractivity contribution is 7.10. The summed E-state index contributed by atoms with van der Waals surface area (Å²) in [7, 11) is 0. The van der Waals surface area contributed by atoms with Crippen molar-refractivity contribution in [2.75, 3.05) is 25.0 Å². The van der Waals surface area contributed by atoms with Crippen molar-refractivity contribution in [3.63, 3.8) is 0 Å². The van der Waals surface area contributed by atoms with Gasteiger partial charge < -0.3 is 19.9 Å². The molecule has 2 unspecified atom stereocenters. The lowest BCUT2D eigenvalue weighted by molar-refractivity contribution is -0.135. The van der Waals surface area contributed by atoms with Crippen LogP contribution in [0.3, 0.4) is 0 Å². The lowest BCUT2D eigenvalue weighted by Crippen LogP contribution is -2.50. The predicted octanol–water partition coefficient (Wildman–Crippen LogP) is 6.89. The molecule has 1 N–H and O–H groups in total. The molecule has 2 atom stereocenters. The van der Waals surface area contributed by atoms with Crippen molar-refractivity contribution in [1.82, 2.24) is 9.80 Å². The maximum Gasteiger partial charge on any atom is 0.322 e. The van der Waals surface area contributed by atoms with Gasteiger partial charge in [0.05, 0.1) is 6.04 Å². The molecule has 1 aliphatic heterocycles. The van der Waals surface area contributed by atoms with Crippen LogP contribution in [0.4, 0.5) is 10.5 Å². The van der Waals surface area contributed by atoms with E-state index in [1.165, 1.54) is 4.88 Å². The summed E-state index contributed by atoms with van der Waals surface area (Å²) in [6.45, 7) is 4.80. The van der Waals surface area contributed by atoms with Crippen LogP contribution in [0, 0.1) is 0 Å². The highest BCUT2D eigenvalue weighted by Gasteiger charge is 2.34. The number of fused-ring (bicyclic) bond motifs is 1. The van der Waals surface area contributed by atoms with E-state index in [4.69, 9.17) is 27.9 Å². The monoisotopic (exact) mass is 545 g/mol. The lowest BCUT2D eigenvalue weighted by atomic mass is 10.00. The van der Waals surface area contributed by atoms with E-state index in [1.54, 1.807) is 52.6 Å². The number of hydrogen-bond donors (Lipinski definition) is 1. The number of halogens is 2. The molecule has 3 amide bonds. The van der Waals surface area contributed by atoms with E-state index < -0.39 is 0 Å². The zero-order valence-corrected chi connectivity index (χ0v) is 22.6. The van der Waals surface area contributed by atoms with Crippen molar-refractivity contribution in [2.24, 2.45) is 0 Å². The molecule has 190 valence electrons. The molecule has 9 heteroatoms. The summed E-state index contributed by atoms with van der Waals surface area (Å²) in [5, 5.41) is 6.10. The molecule has 0 spiro atoms. The number of hydrogen-bond acceptors (Lipinski definition) is 4. The number of carbonyl (C=O) groups is 2. The summed E-state index contributed by atoms with van der Waals surface area (Å²) in [4.78, 5) is 31.5. The normalized spacial score (nSPS) is 15.7. The minimum atomic E-state index is -0.331. The highest BCUT2D eigenvalue weighted by atomic mass is 35.5. The Hall–Kier alpha value is -2.74. The maximum absolute atomic E-state index is 13.7. The molecule has 36 heavy (non-hydrogen) atoms. The number of nitrogens with zero attached hydrogens (tertiary/aromatic N) is 2. The Morgan fingerprint density at radius 1 is 1.17 bits per heavy atom. The Balaban J connectivity index is 1.50. The van der Waals surface area contributed by atoms with Crippen molar-refractivity contribution >= 4 is 52.2 Å². The van der Waals surface area contributed by atoms with Crippen molar-refractivity contribution in [3.05, 3.63) is 80.5 Å². The molecule has 0 radical (unpaired) electrons. The van der Waals surface area contributed by atoms with Gasteiger partial charge in [-0.25, -0.2) is 4.79 Å². The number of amides is 3. The van der Waals surface area contributed by atoms with Crippen LogP contribution in [0.25, 0.3) is 0 Å². The Labute approximate surface area is 225 Å². The van der Waals surface area contributed by atoms with Gasteiger partial charge in [0.15, 0.2) is 0 Å². The number of nitrogens with one attached hydrogen (secondary N) is 1. The van der Waals surface area contributed by atoms with Gasteiger partial charge in [-0.15, -0.1) is 11.3 Å². The fourth-order valence-electron chi connectivity index (χ4n) is 4.23. The zero-order valence-electron chi connectivity index (χ0n) is 20.2. The summed E-state index contributed by atoms with van der Waals surface area (Å²) in [5.74, 6) is 0.578. The number of rotatable bonds is 8. The third kappa shape index (κ3) is 6.33. The standard InChI is InChI=1S/C27H29Cl2N3O3S/c1-3-18(2)32(27(34)30-21-6-4-5-20(29)15-21)16-26(33)31-13-11-25-23(12-14-36-25)24(31)17-35-22-9-7-19(28)8-10-22/h4-10,12,14-15,18,24H,3,11,13,16-17H2,1-2H3,(H,30,34). The van der Waals surface area contributed by atoms with Gasteiger partial charge >= 0.3 is 6.03 Å². The fourth-order valence-corrected chi connectivity index (χ4v) is 5.47. The summed E-state index contributed by atoms with van der Waals surface area (Å²) >= 11 is 13.8. The molecule has 0 saturated heterocycles. The second-order valence-electron chi connectivity index (χ2n) is 8.74. The Morgan fingerprint density at radius 2 is 1.94 bits per heavy atom. The maximum atomic E-state index is 13.7. The Kier molecular flexibility index (Phi) is 8.77. The van der Waals surface area contributed by atoms with Gasteiger partial charge in [-0.1, -0.05) is 36.2 Å².